The standard InChI is InChI=1S/C23H25NO4S/c1-18-12-14-21(15-13-18)29(27,28)24(16-22(25)19-8-4-2-5-9-19)17-23(26)20-10-6-3-7-11-20/h2-15,22-23,25-26H,16-17H2,1H3/t22-,23-/m1/s1. The molecule has 0 fully saturated rings. The van der Waals surface area contributed by atoms with Gasteiger partial charge in [-0.2, -0.15) is 4.31 Å². The first-order valence-corrected chi connectivity index (χ1v) is 10.8. The van der Waals surface area contributed by atoms with Crippen LogP contribution in [0.25, 0.3) is 0 Å². The van der Waals surface area contributed by atoms with Crippen molar-refractivity contribution in [3.63, 3.8) is 0 Å². The number of aliphatic hydroxyl groups excluding tert-OH is 2. The van der Waals surface area contributed by atoms with Crippen molar-refractivity contribution in [1.82, 2.24) is 4.31 Å². The van der Waals surface area contributed by atoms with Gasteiger partial charge in [0.05, 0.1) is 17.1 Å². The Balaban J connectivity index is 1.91. The molecule has 0 amide bonds. The molecule has 0 spiro atoms. The van der Waals surface area contributed by atoms with Gasteiger partial charge in [0.25, 0.3) is 0 Å². The highest BCUT2D eigenvalue weighted by molar-refractivity contribution is 7.89. The van der Waals surface area contributed by atoms with Crippen molar-refractivity contribution in [2.75, 3.05) is 13.1 Å². The van der Waals surface area contributed by atoms with E-state index in [4.69, 9.17) is 0 Å². The molecule has 0 heterocycles. The Morgan fingerprint density at radius 3 is 1.55 bits per heavy atom. The summed E-state index contributed by atoms with van der Waals surface area (Å²) in [6.45, 7) is 1.56. The highest BCUT2D eigenvalue weighted by atomic mass is 32.2. The summed E-state index contributed by atoms with van der Waals surface area (Å²) < 4.78 is 27.7. The predicted octanol–water partition coefficient (Wildman–Crippen LogP) is 3.45. The molecule has 5 nitrogen and oxygen atoms in total. The van der Waals surface area contributed by atoms with Gasteiger partial charge in [0.2, 0.25) is 10.0 Å². The zero-order chi connectivity index (χ0) is 20.9. The maximum absolute atomic E-state index is 13.3. The van der Waals surface area contributed by atoms with Crippen LogP contribution in [0, 0.1) is 6.92 Å². The third-order valence-corrected chi connectivity index (χ3v) is 6.63. The first kappa shape index (κ1) is 21.2. The smallest absolute Gasteiger partial charge is 0.243 e. The Morgan fingerprint density at radius 1 is 0.724 bits per heavy atom. The van der Waals surface area contributed by atoms with Crippen molar-refractivity contribution < 1.29 is 18.6 Å². The van der Waals surface area contributed by atoms with Crippen LogP contribution in [0.5, 0.6) is 0 Å². The van der Waals surface area contributed by atoms with E-state index in [1.807, 2.05) is 19.1 Å². The van der Waals surface area contributed by atoms with Crippen molar-refractivity contribution in [3.8, 4) is 0 Å². The summed E-state index contributed by atoms with van der Waals surface area (Å²) in [6.07, 6.45) is -2.03. The van der Waals surface area contributed by atoms with E-state index in [9.17, 15) is 18.6 Å². The third kappa shape index (κ3) is 5.31. The summed E-state index contributed by atoms with van der Waals surface area (Å²) in [7, 11) is -3.91. The number of benzene rings is 3. The van der Waals surface area contributed by atoms with Crippen molar-refractivity contribution in [2.45, 2.75) is 24.0 Å². The molecule has 0 aliphatic heterocycles. The monoisotopic (exact) mass is 411 g/mol. The van der Waals surface area contributed by atoms with Gasteiger partial charge in [0, 0.05) is 13.1 Å². The normalized spacial score (nSPS) is 13.9. The maximum Gasteiger partial charge on any atom is 0.243 e. The van der Waals surface area contributed by atoms with Gasteiger partial charge >= 0.3 is 0 Å². The lowest BCUT2D eigenvalue weighted by Crippen LogP contribution is -2.38. The van der Waals surface area contributed by atoms with Gasteiger partial charge < -0.3 is 10.2 Å². The first-order valence-electron chi connectivity index (χ1n) is 9.41. The molecule has 0 saturated heterocycles. The summed E-state index contributed by atoms with van der Waals surface area (Å²) in [5.41, 5.74) is 2.18. The van der Waals surface area contributed by atoms with Gasteiger partial charge in [0.15, 0.2) is 0 Å². The Labute approximate surface area is 171 Å². The fraction of sp³-hybridized carbons (Fsp3) is 0.217. The number of sulfonamides is 1. The van der Waals surface area contributed by atoms with E-state index in [-0.39, 0.29) is 18.0 Å². The van der Waals surface area contributed by atoms with E-state index in [1.165, 1.54) is 0 Å². The summed E-state index contributed by atoms with van der Waals surface area (Å²) in [6, 6.07) is 24.3. The number of aliphatic hydroxyl groups is 2. The average molecular weight is 412 g/mol. The lowest BCUT2D eigenvalue weighted by atomic mass is 10.1. The zero-order valence-electron chi connectivity index (χ0n) is 16.2. The molecule has 0 radical (unpaired) electrons. The van der Waals surface area contributed by atoms with Crippen molar-refractivity contribution in [3.05, 3.63) is 102 Å². The van der Waals surface area contributed by atoms with Crippen molar-refractivity contribution >= 4 is 10.0 Å². The Bertz CT molecular complexity index is 958. The van der Waals surface area contributed by atoms with Crippen LogP contribution >= 0.6 is 0 Å². The molecule has 6 heteroatoms. The van der Waals surface area contributed by atoms with E-state index in [2.05, 4.69) is 0 Å². The summed E-state index contributed by atoms with van der Waals surface area (Å²) >= 11 is 0. The fourth-order valence-electron chi connectivity index (χ4n) is 3.08. The van der Waals surface area contributed by atoms with E-state index in [1.54, 1.807) is 72.8 Å². The number of hydrogen-bond donors (Lipinski definition) is 2. The quantitative estimate of drug-likeness (QED) is 0.595. The van der Waals surface area contributed by atoms with E-state index in [0.717, 1.165) is 9.87 Å². The van der Waals surface area contributed by atoms with Crippen LogP contribution in [-0.2, 0) is 10.0 Å². The van der Waals surface area contributed by atoms with E-state index in [0.29, 0.717) is 11.1 Å². The topological polar surface area (TPSA) is 77.8 Å². The Morgan fingerprint density at radius 2 is 1.14 bits per heavy atom. The largest absolute Gasteiger partial charge is 0.387 e. The molecular weight excluding hydrogens is 386 g/mol. The van der Waals surface area contributed by atoms with Crippen LogP contribution in [-0.4, -0.2) is 36.0 Å². The van der Waals surface area contributed by atoms with Crippen LogP contribution in [0.2, 0.25) is 0 Å². The van der Waals surface area contributed by atoms with Crippen molar-refractivity contribution in [2.24, 2.45) is 0 Å². The molecule has 3 aromatic carbocycles. The minimum Gasteiger partial charge on any atom is -0.387 e. The molecule has 0 bridgehead atoms. The molecule has 0 saturated carbocycles. The number of aryl methyl sites for hydroxylation is 1. The number of hydrogen-bond acceptors (Lipinski definition) is 4. The highest BCUT2D eigenvalue weighted by Crippen LogP contribution is 2.24. The zero-order valence-corrected chi connectivity index (χ0v) is 17.0. The highest BCUT2D eigenvalue weighted by Gasteiger charge is 2.29. The van der Waals surface area contributed by atoms with Gasteiger partial charge in [-0.15, -0.1) is 0 Å². The summed E-state index contributed by atoms with van der Waals surface area (Å²) in [5.74, 6) is 0. The number of rotatable bonds is 8. The SMILES string of the molecule is Cc1ccc(S(=O)(=O)N(C[C@@H](O)c2ccccc2)C[C@@H](O)c2ccccc2)cc1. The Hall–Kier alpha value is -2.51. The molecule has 3 aromatic rings. The Kier molecular flexibility index (Phi) is 6.82. The van der Waals surface area contributed by atoms with Gasteiger partial charge in [-0.05, 0) is 30.2 Å². The molecule has 0 aliphatic rings. The molecule has 2 N–H and O–H groups in total. The summed E-state index contributed by atoms with van der Waals surface area (Å²) in [5, 5.41) is 21.3. The van der Waals surface area contributed by atoms with Crippen LogP contribution in [0.4, 0.5) is 0 Å². The van der Waals surface area contributed by atoms with E-state index >= 15 is 0 Å². The lowest BCUT2D eigenvalue weighted by molar-refractivity contribution is 0.108. The first-order chi connectivity index (χ1) is 13.9. The van der Waals surface area contributed by atoms with Crippen LogP contribution in [0.15, 0.2) is 89.8 Å². The minimum atomic E-state index is -3.91. The second-order valence-corrected chi connectivity index (χ2v) is 8.93. The van der Waals surface area contributed by atoms with Crippen LogP contribution in [0.1, 0.15) is 28.9 Å². The van der Waals surface area contributed by atoms with E-state index < -0.39 is 22.2 Å². The van der Waals surface area contributed by atoms with Gasteiger partial charge in [0.1, 0.15) is 0 Å². The molecule has 152 valence electrons. The maximum atomic E-state index is 13.3. The third-order valence-electron chi connectivity index (χ3n) is 4.78. The van der Waals surface area contributed by atoms with Crippen LogP contribution < -0.4 is 0 Å². The second kappa shape index (κ2) is 9.33. The predicted molar refractivity (Wildman–Crippen MR) is 113 cm³/mol. The van der Waals surface area contributed by atoms with Gasteiger partial charge in [-0.1, -0.05) is 78.4 Å². The molecule has 0 unspecified atom stereocenters. The minimum absolute atomic E-state index is 0.128. The lowest BCUT2D eigenvalue weighted by Gasteiger charge is -2.27. The molecule has 3 rings (SSSR count). The number of nitrogens with zero attached hydrogens (tertiary/aromatic N) is 1. The average Bonchev–Trinajstić information content (AvgIpc) is 2.74. The van der Waals surface area contributed by atoms with Gasteiger partial charge in [-0.25, -0.2) is 8.42 Å². The molecule has 0 aliphatic carbocycles. The van der Waals surface area contributed by atoms with Gasteiger partial charge in [-0.3, -0.25) is 0 Å². The molecule has 29 heavy (non-hydrogen) atoms. The molecular formula is C23H25NO4S. The van der Waals surface area contributed by atoms with Crippen LogP contribution in [0.3, 0.4) is 0 Å². The molecule has 0 aromatic heterocycles. The fourth-order valence-corrected chi connectivity index (χ4v) is 4.53. The summed E-state index contributed by atoms with van der Waals surface area (Å²) in [4.78, 5) is 0.128. The van der Waals surface area contributed by atoms with Crippen molar-refractivity contribution in [1.29, 1.82) is 0 Å². The molecule has 2 atom stereocenters. The second-order valence-electron chi connectivity index (χ2n) is 6.99.